The summed E-state index contributed by atoms with van der Waals surface area (Å²) in [6, 6.07) is 6.46. The predicted octanol–water partition coefficient (Wildman–Crippen LogP) is 3.27. The van der Waals surface area contributed by atoms with Crippen molar-refractivity contribution >= 4 is 15.9 Å². The minimum atomic E-state index is 0.327. The van der Waals surface area contributed by atoms with Crippen molar-refractivity contribution in [2.45, 2.75) is 38.6 Å². The van der Waals surface area contributed by atoms with Crippen molar-refractivity contribution in [3.8, 4) is 5.75 Å². The molecule has 3 nitrogen and oxygen atoms in total. The van der Waals surface area contributed by atoms with E-state index in [0.29, 0.717) is 12.0 Å². The van der Waals surface area contributed by atoms with E-state index in [1.54, 1.807) is 7.11 Å². The lowest BCUT2D eigenvalue weighted by Gasteiger charge is -2.24. The zero-order valence-electron chi connectivity index (χ0n) is 11.7. The van der Waals surface area contributed by atoms with E-state index in [2.05, 4.69) is 34.3 Å². The number of nitrogens with two attached hydrogens (primary N) is 1. The lowest BCUT2D eigenvalue weighted by atomic mass is 9.91. The fraction of sp³-hybridized carbons (Fsp3) is 0.600. The lowest BCUT2D eigenvalue weighted by Crippen LogP contribution is -2.41. The summed E-state index contributed by atoms with van der Waals surface area (Å²) in [5.41, 5.74) is 4.22. The summed E-state index contributed by atoms with van der Waals surface area (Å²) in [5.74, 6) is 8.21. The second kappa shape index (κ2) is 6.73. The van der Waals surface area contributed by atoms with E-state index in [1.165, 1.54) is 24.8 Å². The molecule has 0 aromatic heterocycles. The van der Waals surface area contributed by atoms with E-state index in [-0.39, 0.29) is 0 Å². The first-order valence-corrected chi connectivity index (χ1v) is 7.72. The lowest BCUT2D eigenvalue weighted by molar-refractivity contribution is 0.345. The molecule has 1 aliphatic rings. The zero-order valence-corrected chi connectivity index (χ0v) is 13.2. The fourth-order valence-corrected chi connectivity index (χ4v) is 3.53. The van der Waals surface area contributed by atoms with E-state index in [4.69, 9.17) is 10.6 Å². The van der Waals surface area contributed by atoms with E-state index in [9.17, 15) is 0 Å². The first kappa shape index (κ1) is 14.8. The molecule has 1 aromatic carbocycles. The van der Waals surface area contributed by atoms with Crippen molar-refractivity contribution in [2.24, 2.45) is 17.7 Å². The van der Waals surface area contributed by atoms with Crippen LogP contribution in [0.25, 0.3) is 0 Å². The topological polar surface area (TPSA) is 47.3 Å². The van der Waals surface area contributed by atoms with Crippen LogP contribution < -0.4 is 16.0 Å². The molecule has 1 fully saturated rings. The third kappa shape index (κ3) is 3.71. The quantitative estimate of drug-likeness (QED) is 0.645. The van der Waals surface area contributed by atoms with Crippen LogP contribution in [0, 0.1) is 11.8 Å². The molecule has 1 aromatic rings. The van der Waals surface area contributed by atoms with Crippen molar-refractivity contribution in [2.75, 3.05) is 7.11 Å². The molecule has 4 heteroatoms. The van der Waals surface area contributed by atoms with Gasteiger partial charge in [0.15, 0.2) is 0 Å². The maximum atomic E-state index is 5.77. The third-order valence-corrected chi connectivity index (χ3v) is 4.69. The van der Waals surface area contributed by atoms with Crippen molar-refractivity contribution in [3.63, 3.8) is 0 Å². The summed E-state index contributed by atoms with van der Waals surface area (Å²) in [7, 11) is 1.72. The van der Waals surface area contributed by atoms with E-state index in [1.807, 2.05) is 12.1 Å². The third-order valence-electron chi connectivity index (χ3n) is 4.20. The SMILES string of the molecule is COc1ccc(Br)cc1CC(NN)C1CCC(C)C1. The smallest absolute Gasteiger partial charge is 0.122 e. The minimum Gasteiger partial charge on any atom is -0.496 e. The molecule has 2 rings (SSSR count). The van der Waals surface area contributed by atoms with Gasteiger partial charge in [-0.25, -0.2) is 0 Å². The van der Waals surface area contributed by atoms with Gasteiger partial charge >= 0.3 is 0 Å². The summed E-state index contributed by atoms with van der Waals surface area (Å²) in [5, 5.41) is 0. The number of hydrogen-bond donors (Lipinski definition) is 2. The Bertz CT molecular complexity index is 425. The molecule has 0 aliphatic heterocycles. The van der Waals surface area contributed by atoms with Crippen LogP contribution >= 0.6 is 15.9 Å². The Balaban J connectivity index is 2.11. The van der Waals surface area contributed by atoms with Crippen LogP contribution in [0.2, 0.25) is 0 Å². The number of hydrogen-bond acceptors (Lipinski definition) is 3. The molecule has 106 valence electrons. The van der Waals surface area contributed by atoms with Crippen LogP contribution in [0.1, 0.15) is 31.7 Å². The molecular formula is C15H23BrN2O. The Morgan fingerprint density at radius 1 is 1.47 bits per heavy atom. The summed E-state index contributed by atoms with van der Waals surface area (Å²) in [6.07, 6.45) is 4.77. The number of ether oxygens (including phenoxy) is 1. The highest BCUT2D eigenvalue weighted by Crippen LogP contribution is 2.34. The van der Waals surface area contributed by atoms with Gasteiger partial charge in [0.25, 0.3) is 0 Å². The summed E-state index contributed by atoms with van der Waals surface area (Å²) < 4.78 is 6.52. The van der Waals surface area contributed by atoms with Crippen molar-refractivity contribution in [1.82, 2.24) is 5.43 Å². The number of methoxy groups -OCH3 is 1. The number of benzene rings is 1. The molecule has 0 amide bonds. The number of hydrazine groups is 1. The van der Waals surface area contributed by atoms with Gasteiger partial charge in [0, 0.05) is 10.5 Å². The molecular weight excluding hydrogens is 304 g/mol. The van der Waals surface area contributed by atoms with Gasteiger partial charge in [-0.1, -0.05) is 29.3 Å². The minimum absolute atomic E-state index is 0.327. The van der Waals surface area contributed by atoms with Gasteiger partial charge < -0.3 is 4.74 Å². The standard InChI is InChI=1S/C15H23BrN2O/c1-10-3-4-11(7-10)14(18-17)9-12-8-13(16)5-6-15(12)19-2/h5-6,8,10-11,14,18H,3-4,7,9,17H2,1-2H3. The molecule has 0 bridgehead atoms. The van der Waals surface area contributed by atoms with Gasteiger partial charge in [-0.15, -0.1) is 0 Å². The normalized spacial score (nSPS) is 24.4. The van der Waals surface area contributed by atoms with E-state index >= 15 is 0 Å². The molecule has 0 spiro atoms. The van der Waals surface area contributed by atoms with Gasteiger partial charge in [-0.05, 0) is 54.9 Å². The highest BCUT2D eigenvalue weighted by molar-refractivity contribution is 9.10. The van der Waals surface area contributed by atoms with Crippen molar-refractivity contribution < 1.29 is 4.74 Å². The Kier molecular flexibility index (Phi) is 5.25. The first-order chi connectivity index (χ1) is 9.13. The molecule has 3 unspecified atom stereocenters. The number of halogens is 1. The zero-order chi connectivity index (χ0) is 13.8. The number of rotatable bonds is 5. The van der Waals surface area contributed by atoms with Gasteiger partial charge in [0.2, 0.25) is 0 Å². The molecule has 3 atom stereocenters. The molecule has 19 heavy (non-hydrogen) atoms. The molecule has 3 N–H and O–H groups in total. The molecule has 0 radical (unpaired) electrons. The van der Waals surface area contributed by atoms with Crippen LogP contribution in [0.15, 0.2) is 22.7 Å². The predicted molar refractivity (Wildman–Crippen MR) is 82.0 cm³/mol. The summed E-state index contributed by atoms with van der Waals surface area (Å²) >= 11 is 3.52. The Morgan fingerprint density at radius 3 is 2.84 bits per heavy atom. The number of nitrogens with one attached hydrogen (secondary N) is 1. The Morgan fingerprint density at radius 2 is 2.26 bits per heavy atom. The van der Waals surface area contributed by atoms with Crippen LogP contribution in [-0.4, -0.2) is 13.2 Å². The van der Waals surface area contributed by atoms with Gasteiger partial charge in [0.1, 0.15) is 5.75 Å². The van der Waals surface area contributed by atoms with Crippen molar-refractivity contribution in [1.29, 1.82) is 0 Å². The highest BCUT2D eigenvalue weighted by atomic mass is 79.9. The second-order valence-electron chi connectivity index (χ2n) is 5.61. The van der Waals surface area contributed by atoms with Crippen molar-refractivity contribution in [3.05, 3.63) is 28.2 Å². The van der Waals surface area contributed by atoms with Crippen LogP contribution in [0.4, 0.5) is 0 Å². The summed E-state index contributed by atoms with van der Waals surface area (Å²) in [6.45, 7) is 2.33. The maximum Gasteiger partial charge on any atom is 0.122 e. The molecule has 0 heterocycles. The molecule has 0 saturated heterocycles. The monoisotopic (exact) mass is 326 g/mol. The van der Waals surface area contributed by atoms with Gasteiger partial charge in [0.05, 0.1) is 7.11 Å². The Hall–Kier alpha value is -0.580. The fourth-order valence-electron chi connectivity index (χ4n) is 3.12. The van der Waals surface area contributed by atoms with Crippen LogP contribution in [-0.2, 0) is 6.42 Å². The maximum absolute atomic E-state index is 5.77. The average Bonchev–Trinajstić information content (AvgIpc) is 2.82. The second-order valence-corrected chi connectivity index (χ2v) is 6.53. The average molecular weight is 327 g/mol. The first-order valence-electron chi connectivity index (χ1n) is 6.92. The van der Waals surface area contributed by atoms with Gasteiger partial charge in [-0.3, -0.25) is 11.3 Å². The Labute approximate surface area is 124 Å². The van der Waals surface area contributed by atoms with Gasteiger partial charge in [-0.2, -0.15) is 0 Å². The van der Waals surface area contributed by atoms with E-state index < -0.39 is 0 Å². The highest BCUT2D eigenvalue weighted by Gasteiger charge is 2.28. The van der Waals surface area contributed by atoms with Crippen LogP contribution in [0.3, 0.4) is 0 Å². The molecule has 1 aliphatic carbocycles. The summed E-state index contributed by atoms with van der Waals surface area (Å²) in [4.78, 5) is 0. The van der Waals surface area contributed by atoms with E-state index in [0.717, 1.165) is 22.6 Å². The van der Waals surface area contributed by atoms with Crippen LogP contribution in [0.5, 0.6) is 5.75 Å². The largest absolute Gasteiger partial charge is 0.496 e. The molecule has 1 saturated carbocycles.